The fourth-order valence-electron chi connectivity index (χ4n) is 4.60. The van der Waals surface area contributed by atoms with Gasteiger partial charge in [-0.15, -0.1) is 23.1 Å². The number of carbonyl (C=O) groups is 1. The number of fused-ring (bicyclic) bond motifs is 1. The van der Waals surface area contributed by atoms with Crippen LogP contribution in [0.1, 0.15) is 30.9 Å². The summed E-state index contributed by atoms with van der Waals surface area (Å²) in [5.74, 6) is 0.560. The fraction of sp³-hybridized carbons (Fsp3) is 0.440. The number of rotatable bonds is 10. The van der Waals surface area contributed by atoms with Crippen molar-refractivity contribution >= 4 is 40.0 Å². The van der Waals surface area contributed by atoms with Gasteiger partial charge in [0.1, 0.15) is 5.75 Å². The molecule has 1 aliphatic heterocycles. The minimum atomic E-state index is -0.732. The summed E-state index contributed by atoms with van der Waals surface area (Å²) < 4.78 is 6.60. The highest BCUT2D eigenvalue weighted by atomic mass is 32.2. The standard InChI is InChI=1S/C25H30N2O4S2/c1-31-18-14-20-19(4-2-5-22(20)26-15-18)23(28)8-7-17-9-10-27(16-21(17)25(29)30)11-13-33-24-6-3-12-32-24/h2-6,12,14-15,17,21,23,28H,7-11,13,16H2,1H3,(H,29,30)/t17-,21+,23?/m1/s1. The molecule has 2 N–H and O–H groups in total. The number of carboxylic acids is 1. The summed E-state index contributed by atoms with van der Waals surface area (Å²) in [6.07, 6.45) is 3.06. The van der Waals surface area contributed by atoms with Crippen molar-refractivity contribution in [3.05, 3.63) is 53.5 Å². The Balaban J connectivity index is 1.34. The van der Waals surface area contributed by atoms with Crippen LogP contribution in [-0.2, 0) is 4.79 Å². The van der Waals surface area contributed by atoms with E-state index in [4.69, 9.17) is 4.74 Å². The number of hydrogen-bond acceptors (Lipinski definition) is 7. The van der Waals surface area contributed by atoms with Crippen LogP contribution in [0.2, 0.25) is 0 Å². The van der Waals surface area contributed by atoms with Crippen LogP contribution in [0.3, 0.4) is 0 Å². The number of carboxylic acid groups (broad SMARTS) is 1. The predicted molar refractivity (Wildman–Crippen MR) is 133 cm³/mol. The molecule has 176 valence electrons. The van der Waals surface area contributed by atoms with Gasteiger partial charge in [-0.1, -0.05) is 18.2 Å². The first kappa shape index (κ1) is 24.0. The van der Waals surface area contributed by atoms with Crippen molar-refractivity contribution in [1.82, 2.24) is 9.88 Å². The topological polar surface area (TPSA) is 82.9 Å². The van der Waals surface area contributed by atoms with Gasteiger partial charge in [-0.3, -0.25) is 9.78 Å². The number of ether oxygens (including phenoxy) is 1. The molecule has 0 amide bonds. The predicted octanol–water partition coefficient (Wildman–Crippen LogP) is 4.93. The lowest BCUT2D eigenvalue weighted by molar-refractivity contribution is -0.146. The summed E-state index contributed by atoms with van der Waals surface area (Å²) >= 11 is 3.57. The Morgan fingerprint density at radius 2 is 2.24 bits per heavy atom. The van der Waals surface area contributed by atoms with E-state index in [0.717, 1.165) is 41.7 Å². The van der Waals surface area contributed by atoms with Crippen LogP contribution in [0.25, 0.3) is 10.9 Å². The van der Waals surface area contributed by atoms with E-state index in [1.807, 2.05) is 36.0 Å². The minimum absolute atomic E-state index is 0.0704. The highest BCUT2D eigenvalue weighted by Crippen LogP contribution is 2.34. The molecule has 1 aliphatic rings. The molecular formula is C25H30N2O4S2. The highest BCUT2D eigenvalue weighted by molar-refractivity contribution is 8.01. The number of piperidine rings is 1. The molecule has 33 heavy (non-hydrogen) atoms. The fourth-order valence-corrected chi connectivity index (χ4v) is 6.46. The lowest BCUT2D eigenvalue weighted by Gasteiger charge is -2.36. The number of thioether (sulfide) groups is 1. The molecule has 8 heteroatoms. The van der Waals surface area contributed by atoms with Crippen molar-refractivity contribution in [2.75, 3.05) is 32.5 Å². The maximum atomic E-state index is 12.0. The molecule has 1 fully saturated rings. The van der Waals surface area contributed by atoms with Gasteiger partial charge in [-0.2, -0.15) is 0 Å². The number of benzene rings is 1. The minimum Gasteiger partial charge on any atom is -0.495 e. The smallest absolute Gasteiger partial charge is 0.308 e. The molecule has 0 aliphatic carbocycles. The number of methoxy groups -OCH3 is 1. The van der Waals surface area contributed by atoms with Crippen LogP contribution in [0.5, 0.6) is 5.75 Å². The van der Waals surface area contributed by atoms with Gasteiger partial charge in [0.2, 0.25) is 0 Å². The van der Waals surface area contributed by atoms with E-state index in [1.165, 1.54) is 4.21 Å². The summed E-state index contributed by atoms with van der Waals surface area (Å²) in [7, 11) is 1.60. The number of hydrogen-bond donors (Lipinski definition) is 2. The molecule has 6 nitrogen and oxygen atoms in total. The first-order chi connectivity index (χ1) is 16.0. The number of nitrogens with zero attached hydrogens (tertiary/aromatic N) is 2. The number of aliphatic hydroxyl groups is 1. The van der Waals surface area contributed by atoms with Crippen molar-refractivity contribution in [3.63, 3.8) is 0 Å². The Morgan fingerprint density at radius 3 is 3.00 bits per heavy atom. The van der Waals surface area contributed by atoms with Crippen molar-refractivity contribution in [2.24, 2.45) is 11.8 Å². The average molecular weight is 487 g/mol. The van der Waals surface area contributed by atoms with Gasteiger partial charge in [-0.25, -0.2) is 0 Å². The van der Waals surface area contributed by atoms with Gasteiger partial charge < -0.3 is 19.8 Å². The number of likely N-dealkylation sites (tertiary alicyclic amines) is 1. The third-order valence-corrected chi connectivity index (χ3v) is 8.56. The normalized spacial score (nSPS) is 20.1. The number of thiophene rings is 1. The number of pyridine rings is 1. The van der Waals surface area contributed by atoms with Crippen molar-refractivity contribution < 1.29 is 19.7 Å². The maximum absolute atomic E-state index is 12.0. The summed E-state index contributed by atoms with van der Waals surface area (Å²) in [6.45, 7) is 2.38. The first-order valence-electron chi connectivity index (χ1n) is 11.3. The average Bonchev–Trinajstić information content (AvgIpc) is 3.35. The van der Waals surface area contributed by atoms with Gasteiger partial charge in [0, 0.05) is 24.2 Å². The Bertz CT molecular complexity index is 1060. The van der Waals surface area contributed by atoms with E-state index in [9.17, 15) is 15.0 Å². The third-order valence-electron chi connectivity index (χ3n) is 6.44. The van der Waals surface area contributed by atoms with Gasteiger partial charge in [0.05, 0.1) is 35.1 Å². The van der Waals surface area contributed by atoms with E-state index >= 15 is 0 Å². The van der Waals surface area contributed by atoms with E-state index in [1.54, 1.807) is 24.6 Å². The molecule has 0 spiro atoms. The molecule has 1 aromatic carbocycles. The van der Waals surface area contributed by atoms with Crippen molar-refractivity contribution in [1.29, 1.82) is 0 Å². The summed E-state index contributed by atoms with van der Waals surface area (Å²) in [5, 5.41) is 23.8. The van der Waals surface area contributed by atoms with E-state index in [2.05, 4.69) is 27.4 Å². The molecule has 2 aromatic heterocycles. The number of aromatic nitrogens is 1. The summed E-state index contributed by atoms with van der Waals surface area (Å²) in [4.78, 5) is 18.7. The first-order valence-corrected chi connectivity index (χ1v) is 13.1. The van der Waals surface area contributed by atoms with Crippen LogP contribution in [-0.4, -0.2) is 58.6 Å². The zero-order valence-electron chi connectivity index (χ0n) is 18.7. The van der Waals surface area contributed by atoms with Crippen LogP contribution >= 0.6 is 23.1 Å². The van der Waals surface area contributed by atoms with Crippen molar-refractivity contribution in [3.8, 4) is 5.75 Å². The van der Waals surface area contributed by atoms with E-state index in [0.29, 0.717) is 25.1 Å². The molecule has 0 bridgehead atoms. The molecule has 0 radical (unpaired) electrons. The Hall–Kier alpha value is -2.13. The van der Waals surface area contributed by atoms with Crippen LogP contribution in [0.4, 0.5) is 0 Å². The third kappa shape index (κ3) is 6.06. The Morgan fingerprint density at radius 1 is 1.36 bits per heavy atom. The lowest BCUT2D eigenvalue weighted by Crippen LogP contribution is -2.44. The monoisotopic (exact) mass is 486 g/mol. The lowest BCUT2D eigenvalue weighted by atomic mass is 9.81. The molecule has 1 saturated heterocycles. The Kier molecular flexibility index (Phi) is 8.25. The SMILES string of the molecule is COc1cnc2cccc(C(O)CC[C@@H]3CCN(CCSc4cccs4)C[C@@H]3C(=O)O)c2c1. The second-order valence-corrected chi connectivity index (χ2v) is 10.8. The molecule has 3 heterocycles. The molecule has 3 atom stereocenters. The Labute approximate surface area is 202 Å². The van der Waals surface area contributed by atoms with Gasteiger partial charge in [0.15, 0.2) is 0 Å². The highest BCUT2D eigenvalue weighted by Gasteiger charge is 2.34. The van der Waals surface area contributed by atoms with Crippen LogP contribution in [0, 0.1) is 11.8 Å². The second kappa shape index (κ2) is 11.3. The van der Waals surface area contributed by atoms with Crippen molar-refractivity contribution in [2.45, 2.75) is 29.6 Å². The molecule has 1 unspecified atom stereocenters. The zero-order valence-corrected chi connectivity index (χ0v) is 20.4. The van der Waals surface area contributed by atoms with E-state index < -0.39 is 18.0 Å². The van der Waals surface area contributed by atoms with Gasteiger partial charge in [0.25, 0.3) is 0 Å². The number of aliphatic hydroxyl groups excluding tert-OH is 1. The molecular weight excluding hydrogens is 456 g/mol. The quantitative estimate of drug-likeness (QED) is 0.393. The second-order valence-electron chi connectivity index (χ2n) is 8.46. The van der Waals surface area contributed by atoms with Gasteiger partial charge >= 0.3 is 5.97 Å². The largest absolute Gasteiger partial charge is 0.495 e. The maximum Gasteiger partial charge on any atom is 0.308 e. The van der Waals surface area contributed by atoms with Crippen LogP contribution in [0.15, 0.2) is 52.2 Å². The van der Waals surface area contributed by atoms with Gasteiger partial charge in [-0.05, 0) is 60.9 Å². The molecule has 3 aromatic rings. The number of aliphatic carboxylic acids is 1. The molecule has 4 rings (SSSR count). The summed E-state index contributed by atoms with van der Waals surface area (Å²) in [5.41, 5.74) is 1.62. The van der Waals surface area contributed by atoms with E-state index in [-0.39, 0.29) is 5.92 Å². The summed E-state index contributed by atoms with van der Waals surface area (Å²) in [6, 6.07) is 11.8. The molecule has 0 saturated carbocycles. The van der Waals surface area contributed by atoms with Crippen LogP contribution < -0.4 is 4.74 Å². The zero-order chi connectivity index (χ0) is 23.2.